The fourth-order valence-electron chi connectivity index (χ4n) is 13.1. The van der Waals surface area contributed by atoms with Crippen molar-refractivity contribution in [2.45, 2.75) is 121 Å². The maximum Gasteiger partial charge on any atom is 0.319 e. The Bertz CT molecular complexity index is 3350. The van der Waals surface area contributed by atoms with Crippen molar-refractivity contribution in [1.82, 2.24) is 45.9 Å². The molecule has 0 aliphatic carbocycles. The number of nitrogens with one attached hydrogen (secondary N) is 3. The SMILES string of the molecule is C#Cc1c(F)ccc2cccc(-c3ncc4c(N5CC6CCC(C5)N6)nc(OCC56CCCN5[C@@H](CNCCN(CCO)c5cc(C(C(=O)NCCCCC(C)c7ccc(-c8scnc8C)cc7)C(C)C)on5)CC6)nc4c3F)c12. The molecule has 4 aromatic heterocycles. The van der Waals surface area contributed by atoms with Crippen molar-refractivity contribution >= 4 is 50.6 Å². The number of halogens is 2. The number of amides is 1. The Kier molecular flexibility index (Phi) is 16.7. The second kappa shape index (κ2) is 24.2. The highest BCUT2D eigenvalue weighted by molar-refractivity contribution is 7.13. The number of aryl methyl sites for hydroxylation is 1. The molecule has 7 aromatic rings. The number of carbonyl (C=O) groups excluding carboxylic acids is 1. The minimum Gasteiger partial charge on any atom is -0.461 e. The molecule has 3 aromatic carbocycles. The first-order chi connectivity index (χ1) is 38.9. The molecule has 4 aliphatic rings. The first-order valence-corrected chi connectivity index (χ1v) is 29.6. The largest absolute Gasteiger partial charge is 0.461 e. The van der Waals surface area contributed by atoms with Gasteiger partial charge in [0.05, 0.1) is 39.2 Å². The monoisotopic (exact) mass is 1110 g/mol. The fourth-order valence-corrected chi connectivity index (χ4v) is 13.9. The number of nitrogens with zero attached hydrogens (tertiary/aromatic N) is 8. The van der Waals surface area contributed by atoms with Crippen LogP contribution in [0.1, 0.15) is 113 Å². The van der Waals surface area contributed by atoms with E-state index >= 15 is 8.78 Å². The van der Waals surface area contributed by atoms with Gasteiger partial charge in [0.15, 0.2) is 17.4 Å². The molecule has 0 spiro atoms. The molecule has 0 saturated carbocycles. The minimum atomic E-state index is -0.644. The molecule has 5 unspecified atom stereocenters. The summed E-state index contributed by atoms with van der Waals surface area (Å²) in [4.78, 5) is 40.5. The molecule has 8 heterocycles. The van der Waals surface area contributed by atoms with Gasteiger partial charge in [-0.05, 0) is 99.3 Å². The van der Waals surface area contributed by atoms with Gasteiger partial charge in [0.25, 0.3) is 0 Å². The molecule has 4 fully saturated rings. The number of ether oxygens (including phenoxy) is 1. The molecule has 4 saturated heterocycles. The average Bonchev–Trinajstić information content (AvgIpc) is 4.44. The topological polar surface area (TPSA) is 170 Å². The van der Waals surface area contributed by atoms with Crippen LogP contribution < -0.4 is 30.5 Å². The Morgan fingerprint density at radius 1 is 1.02 bits per heavy atom. The Labute approximate surface area is 471 Å². The molecule has 15 nitrogen and oxygen atoms in total. The number of fused-ring (bicyclic) bond motifs is 5. The predicted octanol–water partition coefficient (Wildman–Crippen LogP) is 9.76. The molecule has 2 bridgehead atoms. The van der Waals surface area contributed by atoms with Crippen molar-refractivity contribution in [3.8, 4) is 40.1 Å². The van der Waals surface area contributed by atoms with Gasteiger partial charge in [-0.15, -0.1) is 17.8 Å². The molecule has 0 radical (unpaired) electrons. The Hall–Kier alpha value is -6.62. The molecule has 6 atom stereocenters. The molecule has 4 N–H and O–H groups in total. The van der Waals surface area contributed by atoms with E-state index in [2.05, 4.69) is 78.0 Å². The zero-order valence-corrected chi connectivity index (χ0v) is 47.1. The highest BCUT2D eigenvalue weighted by Crippen LogP contribution is 2.44. The van der Waals surface area contributed by atoms with Crippen LogP contribution >= 0.6 is 11.3 Å². The summed E-state index contributed by atoms with van der Waals surface area (Å²) in [6, 6.07) is 19.9. The first kappa shape index (κ1) is 55.3. The van der Waals surface area contributed by atoms with Crippen LogP contribution in [0, 0.1) is 36.8 Å². The van der Waals surface area contributed by atoms with Crippen molar-refractivity contribution < 1.29 is 27.9 Å². The number of thiazole rings is 1. The van der Waals surface area contributed by atoms with E-state index in [0.717, 1.165) is 76.6 Å². The van der Waals surface area contributed by atoms with Crippen LogP contribution in [0.3, 0.4) is 0 Å². The van der Waals surface area contributed by atoms with E-state index in [9.17, 15) is 9.90 Å². The number of terminal acetylenes is 1. The summed E-state index contributed by atoms with van der Waals surface area (Å²) in [5, 5.41) is 26.7. The van der Waals surface area contributed by atoms with Gasteiger partial charge in [-0.3, -0.25) is 14.7 Å². The van der Waals surface area contributed by atoms with Crippen LogP contribution in [0.5, 0.6) is 6.01 Å². The Balaban J connectivity index is 0.701. The fraction of sp³-hybridized carbons (Fsp3) is 0.484. The number of aliphatic hydroxyl groups is 1. The van der Waals surface area contributed by atoms with E-state index < -0.39 is 17.6 Å². The first-order valence-electron chi connectivity index (χ1n) is 28.7. The number of rotatable bonds is 23. The third-order valence-corrected chi connectivity index (χ3v) is 18.3. The smallest absolute Gasteiger partial charge is 0.319 e. The summed E-state index contributed by atoms with van der Waals surface area (Å²) >= 11 is 1.67. The number of carbonyl (C=O) groups is 1. The van der Waals surface area contributed by atoms with Crippen molar-refractivity contribution in [1.29, 1.82) is 0 Å². The summed E-state index contributed by atoms with van der Waals surface area (Å²) < 4.78 is 44.9. The summed E-state index contributed by atoms with van der Waals surface area (Å²) in [6.07, 6.45) is 16.4. The highest BCUT2D eigenvalue weighted by Gasteiger charge is 2.50. The van der Waals surface area contributed by atoms with Crippen molar-refractivity contribution in [2.75, 3.05) is 75.4 Å². The van der Waals surface area contributed by atoms with E-state index in [1.165, 1.54) is 22.1 Å². The lowest BCUT2D eigenvalue weighted by Gasteiger charge is -2.35. The quantitative estimate of drug-likeness (QED) is 0.0353. The maximum absolute atomic E-state index is 17.3. The molecular formula is C62H73F2N11O4S. The predicted molar refractivity (Wildman–Crippen MR) is 311 cm³/mol. The standard InChI is InChI=1S/C62H73F2N11O4S/c1-6-47-50(63)21-18-42-12-9-13-48(54(42)47)56-55(64)57-49(33-67-56)59(74-34-44-19-20-45(35-74)69-44)71-61(70-57)78-36-62-23-10-27-75(62)46(22-24-62)32-65-26-28-73(29-30-76)52-31-51(79-72-52)53(38(2)3)60(77)66-25-8-7-11-39(4)41-14-16-43(17-15-41)58-40(5)68-37-80-58/h1,9,12-18,21,31,33,37-39,44-46,53,65,69,76H,7-8,10-11,19-20,22-30,32,34-36H2,2-5H3,(H,66,77)/t39?,44?,45?,46-,53?,62?/m1/s1. The minimum absolute atomic E-state index is 0.0203. The zero-order valence-electron chi connectivity index (χ0n) is 46.3. The van der Waals surface area contributed by atoms with Crippen LogP contribution in [0.4, 0.5) is 20.4 Å². The van der Waals surface area contributed by atoms with Gasteiger partial charge in [-0.25, -0.2) is 13.8 Å². The second-order valence-corrected chi connectivity index (χ2v) is 23.7. The molecule has 1 amide bonds. The van der Waals surface area contributed by atoms with Crippen LogP contribution in [0.25, 0.3) is 43.4 Å². The van der Waals surface area contributed by atoms with Gasteiger partial charge in [0, 0.05) is 87.2 Å². The Morgan fingerprint density at radius 2 is 1.85 bits per heavy atom. The number of anilines is 2. The maximum atomic E-state index is 17.3. The number of benzene rings is 3. The summed E-state index contributed by atoms with van der Waals surface area (Å²) in [7, 11) is 0. The van der Waals surface area contributed by atoms with Gasteiger partial charge in [-0.2, -0.15) is 9.97 Å². The molecule has 18 heteroatoms. The lowest BCUT2D eigenvalue weighted by molar-refractivity contribution is -0.124. The number of aromatic nitrogens is 5. The lowest BCUT2D eigenvalue weighted by Crippen LogP contribution is -2.51. The number of aliphatic hydroxyl groups excluding tert-OH is 1. The normalized spacial score (nSPS) is 20.6. The molecule has 80 heavy (non-hydrogen) atoms. The average molecular weight is 1110 g/mol. The third kappa shape index (κ3) is 11.4. The summed E-state index contributed by atoms with van der Waals surface area (Å²) in [5.74, 6) is 2.79. The lowest BCUT2D eigenvalue weighted by atomic mass is 9.92. The van der Waals surface area contributed by atoms with Gasteiger partial charge >= 0.3 is 6.01 Å². The van der Waals surface area contributed by atoms with Crippen LogP contribution in [-0.2, 0) is 4.79 Å². The van der Waals surface area contributed by atoms with Gasteiger partial charge in [-0.1, -0.05) is 86.8 Å². The number of pyridine rings is 1. The number of hydrogen-bond donors (Lipinski definition) is 4. The van der Waals surface area contributed by atoms with Crippen molar-refractivity contribution in [3.05, 3.63) is 107 Å². The molecule has 11 rings (SSSR count). The van der Waals surface area contributed by atoms with E-state index in [1.54, 1.807) is 35.7 Å². The summed E-state index contributed by atoms with van der Waals surface area (Å²) in [6.45, 7) is 13.9. The summed E-state index contributed by atoms with van der Waals surface area (Å²) in [5.41, 5.74) is 5.81. The van der Waals surface area contributed by atoms with Crippen molar-refractivity contribution in [2.24, 2.45) is 5.92 Å². The van der Waals surface area contributed by atoms with E-state index in [4.69, 9.17) is 25.7 Å². The number of piperazine rings is 1. The van der Waals surface area contributed by atoms with Crippen LogP contribution in [-0.4, -0.2) is 130 Å². The molecule has 4 aliphatic heterocycles. The van der Waals surface area contributed by atoms with Gasteiger partial charge in [0.2, 0.25) is 5.91 Å². The van der Waals surface area contributed by atoms with E-state index in [0.29, 0.717) is 103 Å². The van der Waals surface area contributed by atoms with Crippen molar-refractivity contribution in [3.63, 3.8) is 0 Å². The van der Waals surface area contributed by atoms with Crippen LogP contribution in [0.15, 0.2) is 76.9 Å². The molecule has 420 valence electrons. The van der Waals surface area contributed by atoms with Gasteiger partial charge in [0.1, 0.15) is 35.4 Å². The van der Waals surface area contributed by atoms with Crippen LogP contribution in [0.2, 0.25) is 0 Å². The van der Waals surface area contributed by atoms with Gasteiger partial charge < -0.3 is 40.1 Å². The number of unbranched alkanes of at least 4 members (excludes halogenated alkanes) is 1. The number of hydrogen-bond acceptors (Lipinski definition) is 15. The Morgan fingerprint density at radius 3 is 2.61 bits per heavy atom. The van der Waals surface area contributed by atoms with E-state index in [1.807, 2.05) is 43.3 Å². The third-order valence-electron chi connectivity index (χ3n) is 17.3. The zero-order chi connectivity index (χ0) is 55.5. The second-order valence-electron chi connectivity index (χ2n) is 22.8. The highest BCUT2D eigenvalue weighted by atomic mass is 32.1. The van der Waals surface area contributed by atoms with E-state index in [-0.39, 0.29) is 52.8 Å². The molecular weight excluding hydrogens is 1030 g/mol.